The number of carbonyl (C=O) groups excluding carboxylic acids is 2. The minimum absolute atomic E-state index is 0.0188. The van der Waals surface area contributed by atoms with Crippen LogP contribution in [0.3, 0.4) is 0 Å². The molecule has 1 unspecified atom stereocenters. The number of hydrogen-bond donors (Lipinski definition) is 2. The van der Waals surface area contributed by atoms with Crippen molar-refractivity contribution in [1.29, 1.82) is 0 Å². The summed E-state index contributed by atoms with van der Waals surface area (Å²) in [5.74, 6) is 0.366. The number of para-hydroxylation sites is 1. The molecule has 0 saturated heterocycles. The molecule has 0 aliphatic carbocycles. The predicted octanol–water partition coefficient (Wildman–Crippen LogP) is 3.78. The molecule has 2 aromatic rings. The van der Waals surface area contributed by atoms with Crippen LogP contribution in [0.15, 0.2) is 48.5 Å². The summed E-state index contributed by atoms with van der Waals surface area (Å²) in [5.41, 5.74) is 2.79. The Morgan fingerprint density at radius 2 is 1.78 bits per heavy atom. The lowest BCUT2D eigenvalue weighted by molar-refractivity contribution is -0.121. The molecule has 1 atom stereocenters. The molecule has 0 fully saturated rings. The lowest BCUT2D eigenvalue weighted by Gasteiger charge is -2.16. The summed E-state index contributed by atoms with van der Waals surface area (Å²) in [6, 6.07) is 15.1. The van der Waals surface area contributed by atoms with Crippen molar-refractivity contribution in [3.63, 3.8) is 0 Å². The van der Waals surface area contributed by atoms with Crippen LogP contribution in [0.1, 0.15) is 54.2 Å². The highest BCUT2D eigenvalue weighted by atomic mass is 16.5. The van der Waals surface area contributed by atoms with Crippen LogP contribution >= 0.6 is 0 Å². The molecule has 144 valence electrons. The lowest BCUT2D eigenvalue weighted by Crippen LogP contribution is -2.29. The number of rotatable bonds is 9. The summed E-state index contributed by atoms with van der Waals surface area (Å²) in [6.07, 6.45) is 0.943. The SMILES string of the molecule is CCOc1ccccc1C(=O)NCCCC(=O)NC(C)c1ccccc1C. The van der Waals surface area contributed by atoms with Crippen molar-refractivity contribution in [3.05, 3.63) is 65.2 Å². The second-order valence-corrected chi connectivity index (χ2v) is 6.43. The average molecular weight is 368 g/mol. The molecule has 0 heterocycles. The molecular formula is C22H28N2O3. The van der Waals surface area contributed by atoms with Crippen LogP contribution in [0, 0.1) is 6.92 Å². The van der Waals surface area contributed by atoms with Gasteiger partial charge in [0.15, 0.2) is 0 Å². The highest BCUT2D eigenvalue weighted by Gasteiger charge is 2.13. The second-order valence-electron chi connectivity index (χ2n) is 6.43. The van der Waals surface area contributed by atoms with E-state index >= 15 is 0 Å². The van der Waals surface area contributed by atoms with Gasteiger partial charge in [-0.2, -0.15) is 0 Å². The van der Waals surface area contributed by atoms with E-state index in [0.717, 1.165) is 11.1 Å². The minimum Gasteiger partial charge on any atom is -0.493 e. The molecule has 2 aromatic carbocycles. The van der Waals surface area contributed by atoms with Crippen molar-refractivity contribution in [2.24, 2.45) is 0 Å². The third kappa shape index (κ3) is 6.13. The van der Waals surface area contributed by atoms with Gasteiger partial charge in [-0.1, -0.05) is 36.4 Å². The molecule has 2 N–H and O–H groups in total. The minimum atomic E-state index is -0.187. The lowest BCUT2D eigenvalue weighted by atomic mass is 10.0. The fraction of sp³-hybridized carbons (Fsp3) is 0.364. The summed E-state index contributed by atoms with van der Waals surface area (Å²) < 4.78 is 5.47. The predicted molar refractivity (Wildman–Crippen MR) is 107 cm³/mol. The van der Waals surface area contributed by atoms with E-state index in [2.05, 4.69) is 10.6 Å². The Balaban J connectivity index is 1.76. The van der Waals surface area contributed by atoms with E-state index in [9.17, 15) is 9.59 Å². The zero-order valence-electron chi connectivity index (χ0n) is 16.2. The van der Waals surface area contributed by atoms with Crippen LogP contribution in [0.5, 0.6) is 5.75 Å². The Kier molecular flexibility index (Phi) is 7.86. The molecule has 0 aliphatic rings. The van der Waals surface area contributed by atoms with Crippen molar-refractivity contribution in [1.82, 2.24) is 10.6 Å². The Morgan fingerprint density at radius 3 is 2.52 bits per heavy atom. The third-order valence-corrected chi connectivity index (χ3v) is 4.33. The smallest absolute Gasteiger partial charge is 0.255 e. The molecular weight excluding hydrogens is 340 g/mol. The maximum absolute atomic E-state index is 12.3. The molecule has 0 spiro atoms. The fourth-order valence-electron chi connectivity index (χ4n) is 2.95. The van der Waals surface area contributed by atoms with Gasteiger partial charge in [-0.3, -0.25) is 9.59 Å². The van der Waals surface area contributed by atoms with E-state index in [0.29, 0.717) is 37.3 Å². The van der Waals surface area contributed by atoms with Crippen molar-refractivity contribution in [2.45, 2.75) is 39.7 Å². The summed E-state index contributed by atoms with van der Waals surface area (Å²) in [7, 11) is 0. The van der Waals surface area contributed by atoms with Gasteiger partial charge in [-0.05, 0) is 50.5 Å². The molecule has 0 aromatic heterocycles. The second kappa shape index (κ2) is 10.4. The van der Waals surface area contributed by atoms with E-state index in [1.807, 2.05) is 51.1 Å². The number of nitrogens with one attached hydrogen (secondary N) is 2. The van der Waals surface area contributed by atoms with Crippen molar-refractivity contribution < 1.29 is 14.3 Å². The average Bonchev–Trinajstić information content (AvgIpc) is 2.66. The number of benzene rings is 2. The zero-order valence-corrected chi connectivity index (χ0v) is 16.2. The topological polar surface area (TPSA) is 67.4 Å². The monoisotopic (exact) mass is 368 g/mol. The van der Waals surface area contributed by atoms with Crippen LogP contribution in [-0.2, 0) is 4.79 Å². The Hall–Kier alpha value is -2.82. The summed E-state index contributed by atoms with van der Waals surface area (Å²) in [6.45, 7) is 6.83. The highest BCUT2D eigenvalue weighted by Crippen LogP contribution is 2.18. The highest BCUT2D eigenvalue weighted by molar-refractivity contribution is 5.96. The molecule has 2 amide bonds. The Morgan fingerprint density at radius 1 is 1.07 bits per heavy atom. The van der Waals surface area contributed by atoms with Crippen LogP contribution < -0.4 is 15.4 Å². The molecule has 27 heavy (non-hydrogen) atoms. The van der Waals surface area contributed by atoms with Gasteiger partial charge in [0, 0.05) is 13.0 Å². The van der Waals surface area contributed by atoms with Crippen molar-refractivity contribution in [2.75, 3.05) is 13.2 Å². The quantitative estimate of drug-likeness (QED) is 0.662. The largest absolute Gasteiger partial charge is 0.493 e. The fourth-order valence-corrected chi connectivity index (χ4v) is 2.95. The van der Waals surface area contributed by atoms with E-state index in [-0.39, 0.29) is 17.9 Å². The number of hydrogen-bond acceptors (Lipinski definition) is 3. The van der Waals surface area contributed by atoms with E-state index < -0.39 is 0 Å². The van der Waals surface area contributed by atoms with Gasteiger partial charge in [0.1, 0.15) is 5.75 Å². The van der Waals surface area contributed by atoms with Crippen molar-refractivity contribution in [3.8, 4) is 5.75 Å². The third-order valence-electron chi connectivity index (χ3n) is 4.33. The normalized spacial score (nSPS) is 11.5. The van der Waals surface area contributed by atoms with E-state index in [1.165, 1.54) is 0 Å². The molecule has 0 radical (unpaired) electrons. The van der Waals surface area contributed by atoms with Crippen LogP contribution in [-0.4, -0.2) is 25.0 Å². The van der Waals surface area contributed by atoms with Gasteiger partial charge in [0.25, 0.3) is 5.91 Å². The standard InChI is InChI=1S/C22H28N2O3/c1-4-27-20-13-8-7-12-19(20)22(26)23-15-9-14-21(25)24-17(3)18-11-6-5-10-16(18)2/h5-8,10-13,17H,4,9,14-15H2,1-3H3,(H,23,26)(H,24,25). The molecule has 0 bridgehead atoms. The number of ether oxygens (including phenoxy) is 1. The molecule has 0 aliphatic heterocycles. The summed E-state index contributed by atoms with van der Waals surface area (Å²) in [5, 5.41) is 5.86. The first-order valence-electron chi connectivity index (χ1n) is 9.37. The van der Waals surface area contributed by atoms with Gasteiger partial charge < -0.3 is 15.4 Å². The van der Waals surface area contributed by atoms with E-state index in [4.69, 9.17) is 4.74 Å². The van der Waals surface area contributed by atoms with Crippen molar-refractivity contribution >= 4 is 11.8 Å². The number of carbonyl (C=O) groups is 2. The van der Waals surface area contributed by atoms with Gasteiger partial charge in [0.05, 0.1) is 18.2 Å². The molecule has 2 rings (SSSR count). The number of amides is 2. The zero-order chi connectivity index (χ0) is 19.6. The van der Waals surface area contributed by atoms with Crippen LogP contribution in [0.4, 0.5) is 0 Å². The Labute approximate surface area is 161 Å². The maximum Gasteiger partial charge on any atom is 0.255 e. The molecule has 0 saturated carbocycles. The molecule has 5 heteroatoms. The summed E-state index contributed by atoms with van der Waals surface area (Å²) >= 11 is 0. The molecule has 5 nitrogen and oxygen atoms in total. The maximum atomic E-state index is 12.3. The first-order chi connectivity index (χ1) is 13.0. The van der Waals surface area contributed by atoms with Gasteiger partial charge in [-0.15, -0.1) is 0 Å². The summed E-state index contributed by atoms with van der Waals surface area (Å²) in [4.78, 5) is 24.4. The van der Waals surface area contributed by atoms with Gasteiger partial charge in [0.2, 0.25) is 5.91 Å². The van der Waals surface area contributed by atoms with Gasteiger partial charge in [-0.25, -0.2) is 0 Å². The van der Waals surface area contributed by atoms with Crippen LogP contribution in [0.2, 0.25) is 0 Å². The van der Waals surface area contributed by atoms with Crippen LogP contribution in [0.25, 0.3) is 0 Å². The number of aryl methyl sites for hydroxylation is 1. The van der Waals surface area contributed by atoms with Gasteiger partial charge >= 0.3 is 0 Å². The first kappa shape index (κ1) is 20.5. The van der Waals surface area contributed by atoms with E-state index in [1.54, 1.807) is 18.2 Å². The first-order valence-corrected chi connectivity index (χ1v) is 9.37. The Bertz CT molecular complexity index is 774.